The van der Waals surface area contributed by atoms with Gasteiger partial charge in [0.15, 0.2) is 5.13 Å². The monoisotopic (exact) mass is 465 g/mol. The zero-order chi connectivity index (χ0) is 23.5. The third-order valence-corrected chi connectivity index (χ3v) is 6.64. The van der Waals surface area contributed by atoms with Crippen LogP contribution in [0.2, 0.25) is 0 Å². The molecule has 5 rings (SSSR count). The molecule has 5 nitrogen and oxygen atoms in total. The number of para-hydroxylation sites is 1. The normalized spacial score (nSPS) is 10.9. The summed E-state index contributed by atoms with van der Waals surface area (Å²) in [6.45, 7) is 4.49. The van der Waals surface area contributed by atoms with E-state index >= 15 is 0 Å². The minimum absolute atomic E-state index is 0.135. The van der Waals surface area contributed by atoms with Gasteiger partial charge >= 0.3 is 0 Å². The number of aryl methyl sites for hydroxylation is 2. The zero-order valence-corrected chi connectivity index (χ0v) is 19.8. The number of carbonyl (C=O) groups is 1. The largest absolute Gasteiger partial charge is 0.457 e. The number of fused-ring (bicyclic) bond motifs is 1. The van der Waals surface area contributed by atoms with Crippen molar-refractivity contribution in [3.8, 4) is 11.5 Å². The quantitative estimate of drug-likeness (QED) is 0.272. The number of aromatic nitrogens is 2. The van der Waals surface area contributed by atoms with Gasteiger partial charge in [-0.3, -0.25) is 14.7 Å². The van der Waals surface area contributed by atoms with E-state index in [9.17, 15) is 4.79 Å². The number of nitrogens with zero attached hydrogens (tertiary/aromatic N) is 3. The van der Waals surface area contributed by atoms with Crippen molar-refractivity contribution in [2.24, 2.45) is 0 Å². The summed E-state index contributed by atoms with van der Waals surface area (Å²) in [5.41, 5.74) is 4.64. The fraction of sp³-hybridized carbons (Fsp3) is 0.107. The second-order valence-electron chi connectivity index (χ2n) is 8.05. The molecule has 0 N–H and O–H groups in total. The Morgan fingerprint density at radius 2 is 1.59 bits per heavy atom. The molecule has 2 aromatic heterocycles. The molecule has 0 saturated carbocycles. The van der Waals surface area contributed by atoms with Crippen LogP contribution in [-0.4, -0.2) is 15.9 Å². The van der Waals surface area contributed by atoms with Gasteiger partial charge in [-0.2, -0.15) is 0 Å². The zero-order valence-electron chi connectivity index (χ0n) is 18.9. The lowest BCUT2D eigenvalue weighted by Gasteiger charge is -2.19. The summed E-state index contributed by atoms with van der Waals surface area (Å²) in [4.78, 5) is 24.6. The topological polar surface area (TPSA) is 55.3 Å². The van der Waals surface area contributed by atoms with Gasteiger partial charge in [0.25, 0.3) is 5.91 Å². The van der Waals surface area contributed by atoms with Gasteiger partial charge in [-0.25, -0.2) is 4.98 Å². The molecule has 3 aromatic carbocycles. The van der Waals surface area contributed by atoms with E-state index in [4.69, 9.17) is 9.72 Å². The number of hydrogen-bond acceptors (Lipinski definition) is 5. The maximum Gasteiger partial charge on any atom is 0.260 e. The van der Waals surface area contributed by atoms with E-state index in [1.807, 2.05) is 60.7 Å². The summed E-state index contributed by atoms with van der Waals surface area (Å²) in [7, 11) is 0. The molecule has 2 heterocycles. The molecule has 0 saturated heterocycles. The summed E-state index contributed by atoms with van der Waals surface area (Å²) < 4.78 is 6.93. The predicted molar refractivity (Wildman–Crippen MR) is 137 cm³/mol. The second kappa shape index (κ2) is 9.45. The van der Waals surface area contributed by atoms with E-state index in [2.05, 4.69) is 31.0 Å². The van der Waals surface area contributed by atoms with Crippen molar-refractivity contribution in [1.29, 1.82) is 0 Å². The first-order valence-corrected chi connectivity index (χ1v) is 11.8. The fourth-order valence-corrected chi connectivity index (χ4v) is 4.65. The van der Waals surface area contributed by atoms with Crippen LogP contribution in [0.3, 0.4) is 0 Å². The first-order valence-electron chi connectivity index (χ1n) is 11.0. The molecule has 0 unspecified atom stereocenters. The Bertz CT molecular complexity index is 1390. The van der Waals surface area contributed by atoms with Gasteiger partial charge in [0.05, 0.1) is 22.5 Å². The maximum atomic E-state index is 13.7. The van der Waals surface area contributed by atoms with Crippen molar-refractivity contribution >= 4 is 32.6 Å². The molecule has 5 aromatic rings. The molecule has 0 aliphatic heterocycles. The second-order valence-corrected chi connectivity index (χ2v) is 9.06. The van der Waals surface area contributed by atoms with Crippen LogP contribution in [0.4, 0.5) is 5.13 Å². The molecule has 0 bridgehead atoms. The lowest BCUT2D eigenvalue weighted by molar-refractivity contribution is 0.0985. The molecule has 0 radical (unpaired) electrons. The van der Waals surface area contributed by atoms with Crippen LogP contribution in [-0.2, 0) is 6.54 Å². The Hall–Kier alpha value is -4.03. The average Bonchev–Trinajstić information content (AvgIpc) is 3.26. The minimum Gasteiger partial charge on any atom is -0.457 e. The lowest BCUT2D eigenvalue weighted by atomic mass is 10.1. The smallest absolute Gasteiger partial charge is 0.260 e. The van der Waals surface area contributed by atoms with Crippen LogP contribution < -0.4 is 9.64 Å². The van der Waals surface area contributed by atoms with Crippen molar-refractivity contribution in [3.63, 3.8) is 0 Å². The van der Waals surface area contributed by atoms with Gasteiger partial charge < -0.3 is 4.74 Å². The number of thiazole rings is 1. The van der Waals surface area contributed by atoms with Crippen molar-refractivity contribution < 1.29 is 9.53 Å². The molecular weight excluding hydrogens is 442 g/mol. The predicted octanol–water partition coefficient (Wildman–Crippen LogP) is 6.95. The number of hydrogen-bond donors (Lipinski definition) is 0. The van der Waals surface area contributed by atoms with Crippen molar-refractivity contribution in [1.82, 2.24) is 9.97 Å². The Balaban J connectivity index is 1.47. The summed E-state index contributed by atoms with van der Waals surface area (Å²) in [6.07, 6.45) is 1.73. The molecule has 0 atom stereocenters. The number of rotatable bonds is 6. The van der Waals surface area contributed by atoms with Gasteiger partial charge in [-0.15, -0.1) is 0 Å². The number of carbonyl (C=O) groups excluding carboxylic acids is 1. The summed E-state index contributed by atoms with van der Waals surface area (Å²) in [5.74, 6) is 1.28. The molecule has 0 fully saturated rings. The van der Waals surface area contributed by atoms with Gasteiger partial charge in [0, 0.05) is 11.8 Å². The number of anilines is 1. The highest BCUT2D eigenvalue weighted by atomic mass is 32.1. The number of benzene rings is 3. The van der Waals surface area contributed by atoms with E-state index in [0.29, 0.717) is 23.0 Å². The van der Waals surface area contributed by atoms with E-state index in [-0.39, 0.29) is 5.91 Å². The van der Waals surface area contributed by atoms with Crippen molar-refractivity contribution in [3.05, 3.63) is 114 Å². The molecular formula is C28H23N3O2S. The molecule has 34 heavy (non-hydrogen) atoms. The number of amides is 1. The van der Waals surface area contributed by atoms with Crippen LogP contribution in [0, 0.1) is 13.8 Å². The number of pyridine rings is 1. The third-order valence-electron chi connectivity index (χ3n) is 5.60. The molecule has 168 valence electrons. The van der Waals surface area contributed by atoms with Crippen molar-refractivity contribution in [2.45, 2.75) is 20.4 Å². The Labute approximate surface area is 202 Å². The summed E-state index contributed by atoms with van der Waals surface area (Å²) in [6, 6.07) is 26.7. The van der Waals surface area contributed by atoms with Crippen LogP contribution in [0.15, 0.2) is 91.1 Å². The Kier molecular flexibility index (Phi) is 6.06. The fourth-order valence-electron chi connectivity index (χ4n) is 3.61. The van der Waals surface area contributed by atoms with Crippen LogP contribution >= 0.6 is 11.3 Å². The molecule has 0 aliphatic carbocycles. The Morgan fingerprint density at radius 3 is 2.32 bits per heavy atom. The Morgan fingerprint density at radius 1 is 0.882 bits per heavy atom. The highest BCUT2D eigenvalue weighted by Gasteiger charge is 2.22. The first kappa shape index (κ1) is 21.8. The summed E-state index contributed by atoms with van der Waals surface area (Å²) in [5, 5.41) is 0.653. The molecule has 6 heteroatoms. The van der Waals surface area contributed by atoms with Gasteiger partial charge in [-0.05, 0) is 85.6 Å². The number of ether oxygens (including phenoxy) is 1. The first-order chi connectivity index (χ1) is 16.6. The highest BCUT2D eigenvalue weighted by Crippen LogP contribution is 2.32. The SMILES string of the molecule is Cc1cc2nc(N(Cc3ccccn3)C(=O)c3ccc(Oc4ccccc4)cc3)sc2cc1C. The van der Waals surface area contributed by atoms with Gasteiger partial charge in [0.1, 0.15) is 11.5 Å². The van der Waals surface area contributed by atoms with Gasteiger partial charge in [0.2, 0.25) is 0 Å². The van der Waals surface area contributed by atoms with Crippen molar-refractivity contribution in [2.75, 3.05) is 4.90 Å². The minimum atomic E-state index is -0.135. The van der Waals surface area contributed by atoms with Gasteiger partial charge in [-0.1, -0.05) is 35.6 Å². The average molecular weight is 466 g/mol. The van der Waals surface area contributed by atoms with E-state index in [1.54, 1.807) is 23.2 Å². The van der Waals surface area contributed by atoms with Crippen LogP contribution in [0.5, 0.6) is 11.5 Å². The highest BCUT2D eigenvalue weighted by molar-refractivity contribution is 7.22. The molecule has 1 amide bonds. The van der Waals surface area contributed by atoms with E-state index in [0.717, 1.165) is 21.7 Å². The van der Waals surface area contributed by atoms with Crippen LogP contribution in [0.25, 0.3) is 10.2 Å². The lowest BCUT2D eigenvalue weighted by Crippen LogP contribution is -2.30. The molecule has 0 aliphatic rings. The summed E-state index contributed by atoms with van der Waals surface area (Å²) >= 11 is 1.52. The van der Waals surface area contributed by atoms with E-state index in [1.165, 1.54) is 22.5 Å². The van der Waals surface area contributed by atoms with Crippen LogP contribution in [0.1, 0.15) is 27.2 Å². The standard InChI is InChI=1S/C28H23N3O2S/c1-19-16-25-26(17-20(19)2)34-28(30-25)31(18-22-8-6-7-15-29-22)27(32)21-11-13-24(14-12-21)33-23-9-4-3-5-10-23/h3-17H,18H2,1-2H3. The maximum absolute atomic E-state index is 13.7. The third kappa shape index (κ3) is 4.67. The molecule has 0 spiro atoms. The van der Waals surface area contributed by atoms with E-state index < -0.39 is 0 Å².